The van der Waals surface area contributed by atoms with Crippen LogP contribution in [0, 0.1) is 0 Å². The number of rotatable bonds is 2. The highest BCUT2D eigenvalue weighted by molar-refractivity contribution is 5.77. The first-order valence-electron chi connectivity index (χ1n) is 6.86. The molecule has 0 saturated carbocycles. The molecule has 2 aromatic carbocycles. The second kappa shape index (κ2) is 4.63. The number of nitrogens with zero attached hydrogens (tertiary/aromatic N) is 1. The standard InChI is InChI=1S/C16H16N2O2/c1-2-4-12(5-3-1)10-18-7-6-17-13-8-15-16(9-14(13)18)20-11-19-15/h1-5,8-9,17H,6-7,10-11H2. The maximum Gasteiger partial charge on any atom is 0.231 e. The van der Waals surface area contributed by atoms with Gasteiger partial charge >= 0.3 is 0 Å². The summed E-state index contributed by atoms with van der Waals surface area (Å²) < 4.78 is 10.9. The van der Waals surface area contributed by atoms with Crippen LogP contribution in [-0.4, -0.2) is 19.9 Å². The van der Waals surface area contributed by atoms with Crippen molar-refractivity contribution >= 4 is 11.4 Å². The van der Waals surface area contributed by atoms with E-state index in [0.717, 1.165) is 36.8 Å². The van der Waals surface area contributed by atoms with Gasteiger partial charge in [-0.2, -0.15) is 0 Å². The van der Waals surface area contributed by atoms with Gasteiger partial charge in [0.15, 0.2) is 11.5 Å². The van der Waals surface area contributed by atoms with Crippen molar-refractivity contribution in [3.63, 3.8) is 0 Å². The Balaban J connectivity index is 1.68. The molecule has 0 atom stereocenters. The van der Waals surface area contributed by atoms with Gasteiger partial charge in [0.2, 0.25) is 6.79 Å². The van der Waals surface area contributed by atoms with Crippen LogP contribution in [0.5, 0.6) is 11.5 Å². The number of hydrogen-bond donors (Lipinski definition) is 1. The molecular weight excluding hydrogens is 252 g/mol. The molecule has 2 aliphatic heterocycles. The normalized spacial score (nSPS) is 15.7. The Morgan fingerprint density at radius 2 is 1.85 bits per heavy atom. The van der Waals surface area contributed by atoms with Crippen LogP contribution in [0.15, 0.2) is 42.5 Å². The van der Waals surface area contributed by atoms with Gasteiger partial charge in [0.1, 0.15) is 0 Å². The zero-order valence-corrected chi connectivity index (χ0v) is 11.1. The molecule has 4 rings (SSSR count). The smallest absolute Gasteiger partial charge is 0.231 e. The molecule has 0 fully saturated rings. The molecule has 4 nitrogen and oxygen atoms in total. The minimum absolute atomic E-state index is 0.316. The molecule has 102 valence electrons. The minimum Gasteiger partial charge on any atom is -0.454 e. The first kappa shape index (κ1) is 11.5. The van der Waals surface area contributed by atoms with E-state index < -0.39 is 0 Å². The minimum atomic E-state index is 0.316. The summed E-state index contributed by atoms with van der Waals surface area (Å²) in [4.78, 5) is 2.38. The van der Waals surface area contributed by atoms with Gasteiger partial charge in [-0.15, -0.1) is 0 Å². The van der Waals surface area contributed by atoms with Crippen LogP contribution in [0.3, 0.4) is 0 Å². The van der Waals surface area contributed by atoms with Crippen molar-refractivity contribution in [1.82, 2.24) is 0 Å². The molecular formula is C16H16N2O2. The Labute approximate surface area is 117 Å². The summed E-state index contributed by atoms with van der Waals surface area (Å²) in [6.07, 6.45) is 0. The van der Waals surface area contributed by atoms with Gasteiger partial charge in [-0.1, -0.05) is 30.3 Å². The van der Waals surface area contributed by atoms with Crippen LogP contribution in [0.2, 0.25) is 0 Å². The number of fused-ring (bicyclic) bond motifs is 2. The molecule has 1 N–H and O–H groups in total. The average Bonchev–Trinajstić information content (AvgIpc) is 2.94. The Bertz CT molecular complexity index is 628. The van der Waals surface area contributed by atoms with E-state index in [-0.39, 0.29) is 0 Å². The zero-order chi connectivity index (χ0) is 13.4. The summed E-state index contributed by atoms with van der Waals surface area (Å²) in [5, 5.41) is 3.43. The van der Waals surface area contributed by atoms with Crippen molar-refractivity contribution in [2.24, 2.45) is 0 Å². The first-order chi connectivity index (χ1) is 9.90. The van der Waals surface area contributed by atoms with Gasteiger partial charge in [-0.3, -0.25) is 0 Å². The monoisotopic (exact) mass is 268 g/mol. The molecule has 0 amide bonds. The second-order valence-electron chi connectivity index (χ2n) is 5.06. The average molecular weight is 268 g/mol. The molecule has 0 spiro atoms. The summed E-state index contributed by atoms with van der Waals surface area (Å²) in [5.74, 6) is 1.67. The van der Waals surface area contributed by atoms with E-state index in [1.807, 2.05) is 12.1 Å². The molecule has 2 heterocycles. The molecule has 0 saturated heterocycles. The number of hydrogen-bond acceptors (Lipinski definition) is 4. The second-order valence-corrected chi connectivity index (χ2v) is 5.06. The molecule has 2 aromatic rings. The van der Waals surface area contributed by atoms with Crippen molar-refractivity contribution in [2.75, 3.05) is 30.1 Å². The van der Waals surface area contributed by atoms with Gasteiger partial charge in [-0.25, -0.2) is 0 Å². The van der Waals surface area contributed by atoms with Crippen LogP contribution in [0.4, 0.5) is 11.4 Å². The Morgan fingerprint density at radius 1 is 1.05 bits per heavy atom. The highest BCUT2D eigenvalue weighted by Crippen LogP contribution is 2.42. The van der Waals surface area contributed by atoms with Crippen molar-refractivity contribution in [1.29, 1.82) is 0 Å². The Kier molecular flexibility index (Phi) is 2.66. The predicted octanol–water partition coefficient (Wildman–Crippen LogP) is 2.85. The zero-order valence-electron chi connectivity index (χ0n) is 11.1. The summed E-state index contributed by atoms with van der Waals surface area (Å²) >= 11 is 0. The maximum absolute atomic E-state index is 5.49. The van der Waals surface area contributed by atoms with Crippen LogP contribution >= 0.6 is 0 Å². The van der Waals surface area contributed by atoms with E-state index in [0.29, 0.717) is 6.79 Å². The largest absolute Gasteiger partial charge is 0.454 e. The number of ether oxygens (including phenoxy) is 2. The van der Waals surface area contributed by atoms with Crippen LogP contribution in [0.1, 0.15) is 5.56 Å². The molecule has 20 heavy (non-hydrogen) atoms. The molecule has 0 aromatic heterocycles. The van der Waals surface area contributed by atoms with Crippen molar-refractivity contribution < 1.29 is 9.47 Å². The fraction of sp³-hybridized carbons (Fsp3) is 0.250. The Morgan fingerprint density at radius 3 is 2.70 bits per heavy atom. The fourth-order valence-electron chi connectivity index (χ4n) is 2.75. The van der Waals surface area contributed by atoms with Crippen LogP contribution in [0.25, 0.3) is 0 Å². The predicted molar refractivity (Wildman–Crippen MR) is 78.5 cm³/mol. The molecule has 0 bridgehead atoms. The number of nitrogens with one attached hydrogen (secondary N) is 1. The summed E-state index contributed by atoms with van der Waals surface area (Å²) in [6.45, 7) is 3.16. The van der Waals surface area contributed by atoms with Gasteiger partial charge < -0.3 is 19.7 Å². The van der Waals surface area contributed by atoms with Crippen LogP contribution in [-0.2, 0) is 6.54 Å². The topological polar surface area (TPSA) is 33.7 Å². The van der Waals surface area contributed by atoms with E-state index in [4.69, 9.17) is 9.47 Å². The van der Waals surface area contributed by atoms with Gasteiger partial charge in [0, 0.05) is 31.8 Å². The lowest BCUT2D eigenvalue weighted by Gasteiger charge is -2.32. The van der Waals surface area contributed by atoms with E-state index >= 15 is 0 Å². The van der Waals surface area contributed by atoms with Crippen molar-refractivity contribution in [3.8, 4) is 11.5 Å². The van der Waals surface area contributed by atoms with Gasteiger partial charge in [0.05, 0.1) is 11.4 Å². The summed E-state index contributed by atoms with van der Waals surface area (Å²) in [5.41, 5.74) is 3.62. The molecule has 0 aliphatic carbocycles. The first-order valence-corrected chi connectivity index (χ1v) is 6.86. The van der Waals surface area contributed by atoms with E-state index in [1.165, 1.54) is 11.3 Å². The maximum atomic E-state index is 5.49. The van der Waals surface area contributed by atoms with Gasteiger partial charge in [0.25, 0.3) is 0 Å². The third kappa shape index (κ3) is 1.93. The fourth-order valence-corrected chi connectivity index (χ4v) is 2.75. The number of anilines is 2. The molecule has 4 heteroatoms. The van der Waals surface area contributed by atoms with Crippen LogP contribution < -0.4 is 19.7 Å². The summed E-state index contributed by atoms with van der Waals surface area (Å²) in [6, 6.07) is 14.6. The molecule has 0 unspecified atom stereocenters. The highest BCUT2D eigenvalue weighted by atomic mass is 16.7. The molecule has 2 aliphatic rings. The lowest BCUT2D eigenvalue weighted by molar-refractivity contribution is 0.174. The third-order valence-electron chi connectivity index (χ3n) is 3.75. The lowest BCUT2D eigenvalue weighted by atomic mass is 10.1. The Hall–Kier alpha value is -2.36. The van der Waals surface area contributed by atoms with E-state index in [9.17, 15) is 0 Å². The number of benzene rings is 2. The highest BCUT2D eigenvalue weighted by Gasteiger charge is 2.23. The van der Waals surface area contributed by atoms with E-state index in [2.05, 4.69) is 40.5 Å². The van der Waals surface area contributed by atoms with Gasteiger partial charge in [-0.05, 0) is 5.56 Å². The van der Waals surface area contributed by atoms with Crippen molar-refractivity contribution in [2.45, 2.75) is 6.54 Å². The third-order valence-corrected chi connectivity index (χ3v) is 3.75. The quantitative estimate of drug-likeness (QED) is 0.908. The van der Waals surface area contributed by atoms with Crippen molar-refractivity contribution in [3.05, 3.63) is 48.0 Å². The molecule has 0 radical (unpaired) electrons. The summed E-state index contributed by atoms with van der Waals surface area (Å²) in [7, 11) is 0. The lowest BCUT2D eigenvalue weighted by Crippen LogP contribution is -2.33. The SMILES string of the molecule is c1ccc(CN2CCNc3cc4c(cc32)OCO4)cc1. The van der Waals surface area contributed by atoms with E-state index in [1.54, 1.807) is 0 Å².